The lowest BCUT2D eigenvalue weighted by Gasteiger charge is -2.40. The van der Waals surface area contributed by atoms with Crippen LogP contribution in [0, 0.1) is 6.92 Å². The van der Waals surface area contributed by atoms with Crippen LogP contribution in [0.5, 0.6) is 0 Å². The second-order valence-electron chi connectivity index (χ2n) is 9.65. The van der Waals surface area contributed by atoms with Gasteiger partial charge in [-0.25, -0.2) is 9.78 Å². The number of aliphatic hydroxyl groups is 1. The van der Waals surface area contributed by atoms with Crippen molar-refractivity contribution in [1.29, 1.82) is 0 Å². The number of esters is 1. The van der Waals surface area contributed by atoms with Gasteiger partial charge in [-0.1, -0.05) is 0 Å². The Morgan fingerprint density at radius 1 is 1.30 bits per heavy atom. The molecule has 2 amide bonds. The van der Waals surface area contributed by atoms with E-state index in [1.807, 2.05) is 0 Å². The van der Waals surface area contributed by atoms with E-state index in [-0.39, 0.29) is 18.2 Å². The number of carbonyl (C=O) groups is 3. The molecule has 2 aromatic heterocycles. The predicted octanol–water partition coefficient (Wildman–Crippen LogP) is 2.85. The normalized spacial score (nSPS) is 16.9. The zero-order valence-electron chi connectivity index (χ0n) is 21.1. The molecular weight excluding hydrogens is 498 g/mol. The molecule has 1 aliphatic heterocycles. The summed E-state index contributed by atoms with van der Waals surface area (Å²) in [6.07, 6.45) is 1.25. The van der Waals surface area contributed by atoms with Crippen molar-refractivity contribution in [2.24, 2.45) is 5.73 Å². The number of hydrogen-bond acceptors (Lipinski definition) is 10. The number of hydrogen-bond donors (Lipinski definition) is 4. The van der Waals surface area contributed by atoms with Crippen molar-refractivity contribution in [2.45, 2.75) is 52.1 Å². The Hall–Kier alpha value is -3.90. The maximum atomic E-state index is 13.4. The van der Waals surface area contributed by atoms with Gasteiger partial charge >= 0.3 is 5.97 Å². The van der Waals surface area contributed by atoms with Crippen molar-refractivity contribution in [3.8, 4) is 10.6 Å². The molecule has 1 aromatic carbocycles. The maximum absolute atomic E-state index is 13.4. The van der Waals surface area contributed by atoms with Gasteiger partial charge in [0.05, 0.1) is 51.1 Å². The summed E-state index contributed by atoms with van der Waals surface area (Å²) in [5, 5.41) is 16.3. The number of anilines is 2. The van der Waals surface area contributed by atoms with E-state index in [9.17, 15) is 19.5 Å². The lowest BCUT2D eigenvalue weighted by atomic mass is 10.1. The predicted molar refractivity (Wildman–Crippen MR) is 138 cm³/mol. The van der Waals surface area contributed by atoms with E-state index in [2.05, 4.69) is 15.6 Å². The summed E-state index contributed by atoms with van der Waals surface area (Å²) in [6.45, 7) is 8.26. The van der Waals surface area contributed by atoms with Crippen LogP contribution >= 0.6 is 11.3 Å². The zero-order chi connectivity index (χ0) is 27.1. The first-order valence-corrected chi connectivity index (χ1v) is 12.4. The Bertz CT molecular complexity index is 1360. The van der Waals surface area contributed by atoms with Gasteiger partial charge in [-0.15, -0.1) is 11.3 Å². The van der Waals surface area contributed by atoms with Crippen LogP contribution in [0.25, 0.3) is 10.6 Å². The van der Waals surface area contributed by atoms with Gasteiger partial charge in [0.15, 0.2) is 11.7 Å². The molecule has 0 aliphatic carbocycles. The maximum Gasteiger partial charge on any atom is 0.338 e. The molecule has 0 saturated heterocycles. The van der Waals surface area contributed by atoms with Crippen LogP contribution in [-0.2, 0) is 9.53 Å². The van der Waals surface area contributed by atoms with E-state index in [1.165, 1.54) is 11.0 Å². The minimum Gasteiger partial charge on any atom is -0.459 e. The third-order valence-corrected chi connectivity index (χ3v) is 6.57. The zero-order valence-corrected chi connectivity index (χ0v) is 21.9. The molecular formula is C25H29N5O6S. The van der Waals surface area contributed by atoms with Gasteiger partial charge < -0.3 is 35.5 Å². The quantitative estimate of drug-likeness (QED) is 0.323. The number of primary amides is 1. The number of aromatic nitrogens is 1. The molecule has 196 valence electrons. The molecule has 1 atom stereocenters. The van der Waals surface area contributed by atoms with Crippen LogP contribution < -0.4 is 21.3 Å². The smallest absolute Gasteiger partial charge is 0.338 e. The van der Waals surface area contributed by atoms with Crippen molar-refractivity contribution in [3.63, 3.8) is 0 Å². The number of carbonyl (C=O) groups excluding carboxylic acids is 3. The van der Waals surface area contributed by atoms with Crippen molar-refractivity contribution >= 4 is 40.5 Å². The molecule has 0 radical (unpaired) electrons. The Morgan fingerprint density at radius 2 is 2.03 bits per heavy atom. The number of nitrogens with zero attached hydrogens (tertiary/aromatic N) is 2. The molecule has 3 heterocycles. The van der Waals surface area contributed by atoms with Gasteiger partial charge in [-0.3, -0.25) is 9.59 Å². The van der Waals surface area contributed by atoms with Gasteiger partial charge in [-0.2, -0.15) is 0 Å². The van der Waals surface area contributed by atoms with Crippen molar-refractivity contribution in [1.82, 2.24) is 10.3 Å². The van der Waals surface area contributed by atoms with E-state index >= 15 is 0 Å². The lowest BCUT2D eigenvalue weighted by Crippen LogP contribution is -2.71. The standard InChI is InChI=1S/C25H29N5O6S/c1-13(2)35-22(32)15-6-7-17-16(10-15)28-25(23(26)33,30(17)12-24(4,5)34)29-21(31)20-9-8-19(37-20)18-11-27-14(3)36-18/h6-11,13,28,34H,12H2,1-5H3,(H2,26,33)(H,29,31). The number of ether oxygens (including phenoxy) is 1. The average molecular weight is 528 g/mol. The highest BCUT2D eigenvalue weighted by Gasteiger charge is 2.51. The highest BCUT2D eigenvalue weighted by Crippen LogP contribution is 2.41. The Labute approximate surface area is 217 Å². The summed E-state index contributed by atoms with van der Waals surface area (Å²) in [5.41, 5.74) is 5.67. The van der Waals surface area contributed by atoms with E-state index in [4.69, 9.17) is 14.9 Å². The van der Waals surface area contributed by atoms with Gasteiger partial charge in [0.2, 0.25) is 0 Å². The Morgan fingerprint density at radius 3 is 2.62 bits per heavy atom. The molecule has 1 unspecified atom stereocenters. The first-order valence-electron chi connectivity index (χ1n) is 11.6. The summed E-state index contributed by atoms with van der Waals surface area (Å²) in [5.74, 6) is -2.94. The molecule has 0 spiro atoms. The number of thiophene rings is 1. The lowest BCUT2D eigenvalue weighted by molar-refractivity contribution is -0.123. The fraction of sp³-hybridized carbons (Fsp3) is 0.360. The summed E-state index contributed by atoms with van der Waals surface area (Å²) in [4.78, 5) is 45.3. The largest absolute Gasteiger partial charge is 0.459 e. The van der Waals surface area contributed by atoms with Crippen LogP contribution in [0.4, 0.5) is 11.4 Å². The number of amides is 2. The highest BCUT2D eigenvalue weighted by atomic mass is 32.1. The molecule has 0 saturated carbocycles. The molecule has 0 bridgehead atoms. The van der Waals surface area contributed by atoms with Gasteiger partial charge in [0.1, 0.15) is 0 Å². The van der Waals surface area contributed by atoms with Crippen molar-refractivity contribution < 1.29 is 28.6 Å². The molecule has 4 rings (SSSR count). The van der Waals surface area contributed by atoms with Gasteiger partial charge in [0.25, 0.3) is 17.6 Å². The topological polar surface area (TPSA) is 160 Å². The van der Waals surface area contributed by atoms with Crippen LogP contribution in [0.15, 0.2) is 40.9 Å². The number of rotatable bonds is 8. The molecule has 5 N–H and O–H groups in total. The summed E-state index contributed by atoms with van der Waals surface area (Å²) >= 11 is 1.16. The number of oxazole rings is 1. The third kappa shape index (κ3) is 5.30. The van der Waals surface area contributed by atoms with Crippen LogP contribution in [0.1, 0.15) is 53.6 Å². The molecule has 12 heteroatoms. The fourth-order valence-electron chi connectivity index (χ4n) is 3.96. The first-order chi connectivity index (χ1) is 17.3. The second kappa shape index (κ2) is 9.52. The minimum absolute atomic E-state index is 0.0704. The molecule has 37 heavy (non-hydrogen) atoms. The fourth-order valence-corrected chi connectivity index (χ4v) is 4.81. The van der Waals surface area contributed by atoms with Crippen molar-refractivity contribution in [3.05, 3.63) is 52.9 Å². The highest BCUT2D eigenvalue weighted by molar-refractivity contribution is 7.17. The molecule has 11 nitrogen and oxygen atoms in total. The van der Waals surface area contributed by atoms with E-state index in [0.717, 1.165) is 11.3 Å². The number of β-amino-alcohol motifs (C(OH)–C–C–N with tert-alkyl or cyclic N) is 1. The number of fused-ring (bicyclic) bond motifs is 1. The number of nitrogens with two attached hydrogens (primary N) is 1. The van der Waals surface area contributed by atoms with Crippen LogP contribution in [0.2, 0.25) is 0 Å². The van der Waals surface area contributed by atoms with Crippen molar-refractivity contribution in [2.75, 3.05) is 16.8 Å². The Balaban J connectivity index is 1.69. The minimum atomic E-state index is -1.92. The second-order valence-corrected chi connectivity index (χ2v) is 10.7. The molecule has 3 aromatic rings. The summed E-state index contributed by atoms with van der Waals surface area (Å²) in [7, 11) is 0. The van der Waals surface area contributed by atoms with Gasteiger partial charge in [0, 0.05) is 6.92 Å². The monoisotopic (exact) mass is 527 g/mol. The van der Waals surface area contributed by atoms with Gasteiger partial charge in [-0.05, 0) is 58.0 Å². The summed E-state index contributed by atoms with van der Waals surface area (Å²) < 4.78 is 10.8. The number of benzene rings is 1. The average Bonchev–Trinajstić information content (AvgIpc) is 3.50. The third-order valence-electron chi connectivity index (χ3n) is 5.48. The molecule has 1 aliphatic rings. The van der Waals surface area contributed by atoms with Crippen LogP contribution in [0.3, 0.4) is 0 Å². The Kier molecular flexibility index (Phi) is 6.74. The number of aryl methyl sites for hydroxylation is 1. The van der Waals surface area contributed by atoms with E-state index in [1.54, 1.807) is 65.1 Å². The molecule has 0 fully saturated rings. The summed E-state index contributed by atoms with van der Waals surface area (Å²) in [6, 6.07) is 7.99. The van der Waals surface area contributed by atoms with E-state index < -0.39 is 29.2 Å². The SMILES string of the molecule is Cc1ncc(-c2ccc(C(=O)NC3(C(N)=O)Nc4cc(C(=O)OC(C)C)ccc4N3CC(C)(C)O)s2)o1. The van der Waals surface area contributed by atoms with Crippen LogP contribution in [-0.4, -0.2) is 51.9 Å². The number of nitrogens with one attached hydrogen (secondary N) is 2. The van der Waals surface area contributed by atoms with E-state index in [0.29, 0.717) is 32.8 Å². The first kappa shape index (κ1) is 26.2.